The summed E-state index contributed by atoms with van der Waals surface area (Å²) >= 11 is 5.62. The number of rotatable bonds is 7. The third kappa shape index (κ3) is 6.85. The number of hydrogen-bond donors (Lipinski definition) is 1. The second-order valence-corrected chi connectivity index (χ2v) is 8.64. The zero-order chi connectivity index (χ0) is 24.8. The van der Waals surface area contributed by atoms with E-state index in [1.165, 1.54) is 12.5 Å². The second kappa shape index (κ2) is 10.9. The van der Waals surface area contributed by atoms with Crippen LogP contribution in [0, 0.1) is 0 Å². The lowest BCUT2D eigenvalue weighted by molar-refractivity contribution is -0.137. The van der Waals surface area contributed by atoms with E-state index >= 15 is 0 Å². The molecule has 1 N–H and O–H groups in total. The van der Waals surface area contributed by atoms with Crippen molar-refractivity contribution in [2.45, 2.75) is 38.3 Å². The molecule has 0 spiro atoms. The molecule has 0 radical (unpaired) electrons. The number of nitrogens with zero attached hydrogens (tertiary/aromatic N) is 3. The molecular formula is C25H24ClF3N4O2. The van der Waals surface area contributed by atoms with Gasteiger partial charge in [0, 0.05) is 37.5 Å². The summed E-state index contributed by atoms with van der Waals surface area (Å²) in [6.07, 6.45) is 0.979. The maximum absolute atomic E-state index is 13.0. The van der Waals surface area contributed by atoms with Crippen molar-refractivity contribution >= 4 is 29.1 Å². The van der Waals surface area contributed by atoms with Crippen molar-refractivity contribution in [2.24, 2.45) is 0 Å². The summed E-state index contributed by atoms with van der Waals surface area (Å²) in [4.78, 5) is 23.3. The fourth-order valence-electron chi connectivity index (χ4n) is 3.82. The highest BCUT2D eigenvalue weighted by molar-refractivity contribution is 6.31. The minimum absolute atomic E-state index is 0.0390. The topological polar surface area (TPSA) is 67.3 Å². The minimum atomic E-state index is -4.60. The monoisotopic (exact) mass is 504 g/mol. The number of carbonyl (C=O) groups excluding carboxylic acids is 1. The molecule has 1 aliphatic heterocycles. The summed E-state index contributed by atoms with van der Waals surface area (Å²) in [6.45, 7) is 1.85. The van der Waals surface area contributed by atoms with E-state index in [2.05, 4.69) is 20.2 Å². The predicted octanol–water partition coefficient (Wildman–Crippen LogP) is 6.50. The number of aryl methyl sites for hydroxylation is 1. The molecule has 0 atom stereocenters. The first-order chi connectivity index (χ1) is 16.8. The van der Waals surface area contributed by atoms with Gasteiger partial charge in [-0.2, -0.15) is 18.2 Å². The van der Waals surface area contributed by atoms with Crippen molar-refractivity contribution < 1.29 is 22.7 Å². The summed E-state index contributed by atoms with van der Waals surface area (Å²) in [5, 5.41) is 2.08. The van der Waals surface area contributed by atoms with E-state index in [1.54, 1.807) is 24.4 Å². The Morgan fingerprint density at radius 3 is 2.66 bits per heavy atom. The van der Waals surface area contributed by atoms with Crippen LogP contribution in [0.15, 0.2) is 54.7 Å². The van der Waals surface area contributed by atoms with E-state index in [-0.39, 0.29) is 12.1 Å². The van der Waals surface area contributed by atoms with Gasteiger partial charge in [0.15, 0.2) is 0 Å². The Kier molecular flexibility index (Phi) is 7.75. The molecule has 1 aromatic heterocycles. The molecule has 0 aliphatic carbocycles. The highest BCUT2D eigenvalue weighted by Crippen LogP contribution is 2.36. The van der Waals surface area contributed by atoms with Gasteiger partial charge in [0.25, 0.3) is 0 Å². The van der Waals surface area contributed by atoms with Gasteiger partial charge < -0.3 is 15.0 Å². The summed E-state index contributed by atoms with van der Waals surface area (Å²) < 4.78 is 45.0. The van der Waals surface area contributed by atoms with Crippen LogP contribution in [0.25, 0.3) is 0 Å². The van der Waals surface area contributed by atoms with Gasteiger partial charge in [-0.25, -0.2) is 4.98 Å². The number of anilines is 2. The van der Waals surface area contributed by atoms with E-state index in [0.29, 0.717) is 24.0 Å². The Balaban J connectivity index is 1.35. The normalized spacial score (nSPS) is 14.0. The number of halogens is 4. The largest absolute Gasteiger partial charge is 0.439 e. The van der Waals surface area contributed by atoms with Crippen LogP contribution in [0.1, 0.15) is 36.8 Å². The summed E-state index contributed by atoms with van der Waals surface area (Å²) in [6, 6.07) is 12.2. The Morgan fingerprint density at radius 1 is 1.09 bits per heavy atom. The van der Waals surface area contributed by atoms with Crippen molar-refractivity contribution in [1.29, 1.82) is 0 Å². The molecule has 2 aromatic carbocycles. The Labute approximate surface area is 206 Å². The number of alkyl halides is 3. The Morgan fingerprint density at radius 2 is 1.89 bits per heavy atom. The zero-order valence-corrected chi connectivity index (χ0v) is 19.6. The number of hydrogen-bond acceptors (Lipinski definition) is 5. The molecule has 184 valence electrons. The van der Waals surface area contributed by atoms with Crippen LogP contribution in [0.2, 0.25) is 5.02 Å². The first-order valence-corrected chi connectivity index (χ1v) is 11.7. The van der Waals surface area contributed by atoms with Crippen molar-refractivity contribution in [1.82, 2.24) is 9.97 Å². The van der Waals surface area contributed by atoms with E-state index in [0.717, 1.165) is 43.6 Å². The average Bonchev–Trinajstić information content (AvgIpc) is 2.84. The van der Waals surface area contributed by atoms with Gasteiger partial charge in [-0.15, -0.1) is 0 Å². The molecule has 3 aromatic rings. The molecule has 2 heterocycles. The first-order valence-electron chi connectivity index (χ1n) is 11.3. The molecule has 0 saturated carbocycles. The van der Waals surface area contributed by atoms with Crippen LogP contribution in [-0.4, -0.2) is 29.0 Å². The van der Waals surface area contributed by atoms with Gasteiger partial charge in [-0.05, 0) is 61.6 Å². The van der Waals surface area contributed by atoms with Crippen LogP contribution in [-0.2, 0) is 17.4 Å². The smallest absolute Gasteiger partial charge is 0.417 e. The fourth-order valence-corrected chi connectivity index (χ4v) is 4.05. The van der Waals surface area contributed by atoms with Gasteiger partial charge >= 0.3 is 6.18 Å². The number of aromatic nitrogens is 2. The SMILES string of the molecule is O=C(CCc1cccc(Oc2ccnc(N3CCCCC3)n2)c1)Nc1ccc(Cl)c(C(F)(F)F)c1. The van der Waals surface area contributed by atoms with Gasteiger partial charge in [-0.3, -0.25) is 4.79 Å². The zero-order valence-electron chi connectivity index (χ0n) is 18.8. The summed E-state index contributed by atoms with van der Waals surface area (Å²) in [5.74, 6) is 1.23. The molecule has 4 rings (SSSR count). The second-order valence-electron chi connectivity index (χ2n) is 8.23. The standard InChI is InChI=1S/C25H24ClF3N4O2/c26-21-9-8-18(16-20(21)25(27,28)29)31-22(34)10-7-17-5-4-6-19(15-17)35-23-11-12-30-24(32-23)33-13-2-1-3-14-33/h4-6,8-9,11-12,15-16H,1-3,7,10,13-14H2,(H,31,34). The van der Waals surface area contributed by atoms with Gasteiger partial charge in [-0.1, -0.05) is 23.7 Å². The Bertz CT molecular complexity index is 1180. The molecule has 0 unspecified atom stereocenters. The highest BCUT2D eigenvalue weighted by atomic mass is 35.5. The molecule has 0 bridgehead atoms. The van der Waals surface area contributed by atoms with E-state index in [9.17, 15) is 18.0 Å². The van der Waals surface area contributed by atoms with Crippen molar-refractivity contribution in [2.75, 3.05) is 23.3 Å². The fraction of sp³-hybridized carbons (Fsp3) is 0.320. The number of ether oxygens (including phenoxy) is 1. The maximum Gasteiger partial charge on any atom is 0.417 e. The lowest BCUT2D eigenvalue weighted by Crippen LogP contribution is -2.30. The molecule has 1 aliphatic rings. The van der Waals surface area contributed by atoms with Crippen molar-refractivity contribution in [3.8, 4) is 11.6 Å². The maximum atomic E-state index is 13.0. The lowest BCUT2D eigenvalue weighted by atomic mass is 10.1. The molecule has 1 saturated heterocycles. The molecule has 1 amide bonds. The van der Waals surface area contributed by atoms with Gasteiger partial charge in [0.1, 0.15) is 5.75 Å². The average molecular weight is 505 g/mol. The van der Waals surface area contributed by atoms with Crippen LogP contribution >= 0.6 is 11.6 Å². The molecule has 6 nitrogen and oxygen atoms in total. The molecule has 35 heavy (non-hydrogen) atoms. The van der Waals surface area contributed by atoms with Crippen molar-refractivity contribution in [3.05, 3.63) is 70.9 Å². The third-order valence-corrected chi connectivity index (χ3v) is 5.90. The molecule has 10 heteroatoms. The van der Waals surface area contributed by atoms with E-state index < -0.39 is 22.7 Å². The van der Waals surface area contributed by atoms with E-state index in [1.807, 2.05) is 12.1 Å². The minimum Gasteiger partial charge on any atom is -0.439 e. The predicted molar refractivity (Wildman–Crippen MR) is 128 cm³/mol. The molecule has 1 fully saturated rings. The summed E-state index contributed by atoms with van der Waals surface area (Å²) in [5.41, 5.74) is -0.109. The van der Waals surface area contributed by atoms with Crippen molar-refractivity contribution in [3.63, 3.8) is 0 Å². The number of nitrogens with one attached hydrogen (secondary N) is 1. The number of carbonyl (C=O) groups is 1. The molecular weight excluding hydrogens is 481 g/mol. The number of piperidine rings is 1. The van der Waals surface area contributed by atoms with Gasteiger partial charge in [0.2, 0.25) is 17.7 Å². The number of amides is 1. The van der Waals surface area contributed by atoms with Crippen LogP contribution < -0.4 is 15.0 Å². The van der Waals surface area contributed by atoms with Gasteiger partial charge in [0.05, 0.1) is 10.6 Å². The van der Waals surface area contributed by atoms with Crippen LogP contribution in [0.3, 0.4) is 0 Å². The van der Waals surface area contributed by atoms with Crippen LogP contribution in [0.5, 0.6) is 11.6 Å². The highest BCUT2D eigenvalue weighted by Gasteiger charge is 2.33. The summed E-state index contributed by atoms with van der Waals surface area (Å²) in [7, 11) is 0. The number of benzene rings is 2. The third-order valence-electron chi connectivity index (χ3n) is 5.57. The van der Waals surface area contributed by atoms with E-state index in [4.69, 9.17) is 16.3 Å². The van der Waals surface area contributed by atoms with Crippen LogP contribution in [0.4, 0.5) is 24.8 Å². The lowest BCUT2D eigenvalue weighted by Gasteiger charge is -2.26. The quantitative estimate of drug-likeness (QED) is 0.397. The Hall–Kier alpha value is -3.33. The first kappa shape index (κ1) is 24.8.